The summed E-state index contributed by atoms with van der Waals surface area (Å²) in [6, 6.07) is 8.33. The van der Waals surface area contributed by atoms with Gasteiger partial charge in [-0.3, -0.25) is 4.79 Å². The minimum absolute atomic E-state index is 0.0437. The molecule has 0 fully saturated rings. The SMILES string of the molecule is C=[N+](CCCC)/C(C(=O)N(Cc1ccc(C(F)(F)F)cc1)Cc1ccc(C(F)(F)F)cc1)=C(/O)OCC. The summed E-state index contributed by atoms with van der Waals surface area (Å²) in [4.78, 5) is 14.8. The van der Waals surface area contributed by atoms with Crippen LogP contribution in [0.15, 0.2) is 60.2 Å². The van der Waals surface area contributed by atoms with Gasteiger partial charge in [0.1, 0.15) is 13.3 Å². The van der Waals surface area contributed by atoms with Gasteiger partial charge in [0.05, 0.1) is 17.7 Å². The molecule has 0 heterocycles. The molecule has 0 saturated heterocycles. The first-order valence-corrected chi connectivity index (χ1v) is 11.5. The third-order valence-corrected chi connectivity index (χ3v) is 5.38. The van der Waals surface area contributed by atoms with Crippen LogP contribution < -0.4 is 0 Å². The molecule has 202 valence electrons. The van der Waals surface area contributed by atoms with Crippen molar-refractivity contribution in [2.24, 2.45) is 0 Å². The summed E-state index contributed by atoms with van der Waals surface area (Å²) >= 11 is 0. The van der Waals surface area contributed by atoms with E-state index in [1.165, 1.54) is 33.7 Å². The topological polar surface area (TPSA) is 52.8 Å². The van der Waals surface area contributed by atoms with E-state index >= 15 is 0 Å². The highest BCUT2D eigenvalue weighted by atomic mass is 19.4. The molecule has 2 rings (SSSR count). The Morgan fingerprint density at radius 1 is 0.892 bits per heavy atom. The second-order valence-electron chi connectivity index (χ2n) is 8.25. The van der Waals surface area contributed by atoms with Crippen LogP contribution >= 0.6 is 0 Å². The zero-order valence-electron chi connectivity index (χ0n) is 20.5. The molecule has 1 amide bonds. The van der Waals surface area contributed by atoms with Gasteiger partial charge in [0.25, 0.3) is 0 Å². The molecule has 0 aromatic heterocycles. The van der Waals surface area contributed by atoms with E-state index in [0.29, 0.717) is 24.1 Å². The normalized spacial score (nSPS) is 12.6. The van der Waals surface area contributed by atoms with Gasteiger partial charge in [-0.2, -0.15) is 30.9 Å². The van der Waals surface area contributed by atoms with Crippen LogP contribution in [0.3, 0.4) is 0 Å². The number of ether oxygens (including phenoxy) is 1. The largest absolute Gasteiger partial charge is 0.476 e. The van der Waals surface area contributed by atoms with Crippen LogP contribution in [0.1, 0.15) is 48.9 Å². The quantitative estimate of drug-likeness (QED) is 0.118. The van der Waals surface area contributed by atoms with E-state index in [9.17, 15) is 36.2 Å². The Hall–Kier alpha value is -3.50. The molecular formula is C26H29F6N2O3+. The molecule has 0 bridgehead atoms. The summed E-state index contributed by atoms with van der Waals surface area (Å²) in [7, 11) is 0. The summed E-state index contributed by atoms with van der Waals surface area (Å²) in [5.74, 6) is -1.43. The number of benzene rings is 2. The van der Waals surface area contributed by atoms with Crippen LogP contribution in [-0.4, -0.2) is 40.4 Å². The molecule has 0 aliphatic carbocycles. The number of hydrogen-bond acceptors (Lipinski definition) is 3. The highest BCUT2D eigenvalue weighted by molar-refractivity contribution is 5.91. The van der Waals surface area contributed by atoms with Crippen LogP contribution in [-0.2, 0) is 35.0 Å². The number of halogens is 6. The van der Waals surface area contributed by atoms with Crippen molar-refractivity contribution in [3.63, 3.8) is 0 Å². The van der Waals surface area contributed by atoms with Crippen molar-refractivity contribution in [1.82, 2.24) is 4.90 Å². The van der Waals surface area contributed by atoms with Crippen LogP contribution in [0.2, 0.25) is 0 Å². The molecule has 2 aromatic rings. The Labute approximate surface area is 211 Å². The Morgan fingerprint density at radius 3 is 1.68 bits per heavy atom. The molecular weight excluding hydrogens is 502 g/mol. The third-order valence-electron chi connectivity index (χ3n) is 5.38. The summed E-state index contributed by atoms with van der Waals surface area (Å²) in [5, 5.41) is 10.5. The van der Waals surface area contributed by atoms with Gasteiger partial charge in [-0.25, -0.2) is 0 Å². The Kier molecular flexibility index (Phi) is 10.2. The molecule has 1 N–H and O–H groups in total. The van der Waals surface area contributed by atoms with E-state index in [4.69, 9.17) is 4.74 Å². The van der Waals surface area contributed by atoms with E-state index in [1.807, 2.05) is 6.92 Å². The van der Waals surface area contributed by atoms with E-state index in [-0.39, 0.29) is 25.4 Å². The van der Waals surface area contributed by atoms with Gasteiger partial charge in [-0.1, -0.05) is 37.6 Å². The molecule has 37 heavy (non-hydrogen) atoms. The van der Waals surface area contributed by atoms with Crippen molar-refractivity contribution in [2.45, 2.75) is 52.1 Å². The molecule has 0 unspecified atom stereocenters. The third kappa shape index (κ3) is 8.54. The van der Waals surface area contributed by atoms with Crippen molar-refractivity contribution >= 4 is 12.6 Å². The number of alkyl halides is 6. The molecule has 2 aromatic carbocycles. The average Bonchev–Trinajstić information content (AvgIpc) is 2.82. The van der Waals surface area contributed by atoms with Crippen molar-refractivity contribution in [2.75, 3.05) is 13.2 Å². The number of rotatable bonds is 11. The summed E-state index contributed by atoms with van der Waals surface area (Å²) in [5.41, 5.74) is -1.32. The second-order valence-corrected chi connectivity index (χ2v) is 8.25. The van der Waals surface area contributed by atoms with Crippen molar-refractivity contribution in [1.29, 1.82) is 0 Å². The van der Waals surface area contributed by atoms with Crippen LogP contribution in [0, 0.1) is 0 Å². The number of hydrogen-bond donors (Lipinski definition) is 1. The lowest BCUT2D eigenvalue weighted by atomic mass is 10.1. The van der Waals surface area contributed by atoms with E-state index in [2.05, 4.69) is 6.72 Å². The minimum atomic E-state index is -4.54. The predicted octanol–water partition coefficient (Wildman–Crippen LogP) is 6.53. The second kappa shape index (κ2) is 12.6. The Morgan fingerprint density at radius 2 is 1.32 bits per heavy atom. The first-order chi connectivity index (χ1) is 17.3. The Balaban J connectivity index is 2.46. The monoisotopic (exact) mass is 531 g/mol. The molecule has 0 aliphatic heterocycles. The fraction of sp³-hybridized carbons (Fsp3) is 0.385. The highest BCUT2D eigenvalue weighted by Gasteiger charge is 2.34. The van der Waals surface area contributed by atoms with Crippen LogP contribution in [0.4, 0.5) is 26.3 Å². The number of carbonyl (C=O) groups is 1. The summed E-state index contributed by atoms with van der Waals surface area (Å²) in [6.07, 6.45) is -7.68. The summed E-state index contributed by atoms with van der Waals surface area (Å²) < 4.78 is 84.2. The molecule has 0 saturated carbocycles. The maximum absolute atomic E-state index is 13.6. The van der Waals surface area contributed by atoms with E-state index < -0.39 is 35.3 Å². The van der Waals surface area contributed by atoms with Gasteiger partial charge in [0.15, 0.2) is 0 Å². The average molecular weight is 532 g/mol. The number of aliphatic hydroxyl groups is 1. The van der Waals surface area contributed by atoms with Gasteiger partial charge < -0.3 is 14.7 Å². The maximum Gasteiger partial charge on any atom is 0.416 e. The number of aliphatic hydroxyl groups excluding tert-OH is 1. The molecule has 0 atom stereocenters. The lowest BCUT2D eigenvalue weighted by molar-refractivity contribution is -0.468. The minimum Gasteiger partial charge on any atom is -0.476 e. The van der Waals surface area contributed by atoms with Crippen LogP contribution in [0.25, 0.3) is 0 Å². The van der Waals surface area contributed by atoms with Crippen LogP contribution in [0.5, 0.6) is 0 Å². The van der Waals surface area contributed by atoms with Gasteiger partial charge in [-0.05, 0) is 42.3 Å². The fourth-order valence-corrected chi connectivity index (χ4v) is 3.42. The van der Waals surface area contributed by atoms with Gasteiger partial charge in [0, 0.05) is 19.5 Å². The van der Waals surface area contributed by atoms with E-state index in [0.717, 1.165) is 30.7 Å². The number of unbranched alkanes of at least 4 members (excludes halogenated alkanes) is 1. The molecule has 11 heteroatoms. The highest BCUT2D eigenvalue weighted by Crippen LogP contribution is 2.31. The lowest BCUT2D eigenvalue weighted by Gasteiger charge is -2.23. The molecule has 0 radical (unpaired) electrons. The number of amides is 1. The van der Waals surface area contributed by atoms with Crippen molar-refractivity contribution in [3.05, 3.63) is 82.4 Å². The molecule has 0 spiro atoms. The number of nitrogens with zero attached hydrogens (tertiary/aromatic N) is 2. The van der Waals surface area contributed by atoms with Crippen molar-refractivity contribution in [3.8, 4) is 0 Å². The van der Waals surface area contributed by atoms with E-state index in [1.54, 1.807) is 6.92 Å². The maximum atomic E-state index is 13.6. The first kappa shape index (κ1) is 29.7. The first-order valence-electron chi connectivity index (χ1n) is 11.5. The van der Waals surface area contributed by atoms with Gasteiger partial charge >= 0.3 is 29.9 Å². The smallest absolute Gasteiger partial charge is 0.416 e. The number of carbonyl (C=O) groups excluding carboxylic acids is 1. The molecule has 5 nitrogen and oxygen atoms in total. The standard InChI is InChI=1S/C26H28F6N2O3/c1-4-6-15-33(3)22(24(36)37-5-2)23(35)34(16-18-7-11-20(12-8-18)25(27,28)29)17-19-9-13-21(14-10-19)26(30,31)32/h7-14H,3-6,15-17H2,1-2H3/p+1. The zero-order valence-corrected chi connectivity index (χ0v) is 20.5. The van der Waals surface area contributed by atoms with Crippen molar-refractivity contribution < 1.29 is 45.6 Å². The predicted molar refractivity (Wildman–Crippen MR) is 126 cm³/mol. The van der Waals surface area contributed by atoms with Gasteiger partial charge in [-0.15, -0.1) is 0 Å². The van der Waals surface area contributed by atoms with Gasteiger partial charge in [0.2, 0.25) is 0 Å². The fourth-order valence-electron chi connectivity index (χ4n) is 3.42. The Bertz CT molecular complexity index is 1030. The zero-order chi connectivity index (χ0) is 27.8. The molecule has 0 aliphatic rings. The lowest BCUT2D eigenvalue weighted by Crippen LogP contribution is -2.36. The summed E-state index contributed by atoms with van der Waals surface area (Å²) in [6.45, 7) is 7.28.